The lowest BCUT2D eigenvalue weighted by molar-refractivity contribution is -0.117. The summed E-state index contributed by atoms with van der Waals surface area (Å²) >= 11 is 11.6. The van der Waals surface area contributed by atoms with E-state index in [4.69, 9.17) is 23.2 Å². The molecule has 0 saturated heterocycles. The van der Waals surface area contributed by atoms with Crippen molar-refractivity contribution in [3.63, 3.8) is 0 Å². The van der Waals surface area contributed by atoms with E-state index >= 15 is 0 Å². The summed E-state index contributed by atoms with van der Waals surface area (Å²) in [6.45, 7) is 2.22. The van der Waals surface area contributed by atoms with E-state index in [0.717, 1.165) is 0 Å². The minimum absolute atomic E-state index is 0.144. The maximum Gasteiger partial charge on any atom is 0.239 e. The van der Waals surface area contributed by atoms with Gasteiger partial charge in [-0.2, -0.15) is 0 Å². The first kappa shape index (κ1) is 15.2. The second-order valence-electron chi connectivity index (χ2n) is 4.08. The van der Waals surface area contributed by atoms with Gasteiger partial charge in [0, 0.05) is 12.7 Å². The Balaban J connectivity index is 2.54. The third kappa shape index (κ3) is 5.18. The van der Waals surface area contributed by atoms with Crippen molar-refractivity contribution < 1.29 is 9.90 Å². The van der Waals surface area contributed by atoms with Crippen LogP contribution in [0.2, 0.25) is 10.0 Å². The Morgan fingerprint density at radius 3 is 2.83 bits per heavy atom. The summed E-state index contributed by atoms with van der Waals surface area (Å²) in [5.41, 5.74) is 0. The van der Waals surface area contributed by atoms with Gasteiger partial charge in [-0.3, -0.25) is 9.69 Å². The number of rotatable bonds is 5. The molecule has 0 aliphatic rings. The molecule has 1 unspecified atom stereocenters. The van der Waals surface area contributed by atoms with Crippen LogP contribution in [0.1, 0.15) is 6.92 Å². The van der Waals surface area contributed by atoms with E-state index in [1.807, 2.05) is 0 Å². The van der Waals surface area contributed by atoms with Gasteiger partial charge in [-0.25, -0.2) is 4.98 Å². The van der Waals surface area contributed by atoms with E-state index < -0.39 is 6.10 Å². The van der Waals surface area contributed by atoms with Gasteiger partial charge in [0.25, 0.3) is 0 Å². The first-order chi connectivity index (χ1) is 8.38. The molecule has 0 fully saturated rings. The van der Waals surface area contributed by atoms with Crippen LogP contribution in [0.15, 0.2) is 12.3 Å². The predicted octanol–water partition coefficient (Wildman–Crippen LogP) is 1.64. The zero-order valence-corrected chi connectivity index (χ0v) is 11.7. The van der Waals surface area contributed by atoms with E-state index in [0.29, 0.717) is 11.6 Å². The smallest absolute Gasteiger partial charge is 0.239 e. The summed E-state index contributed by atoms with van der Waals surface area (Å²) < 4.78 is 0. The number of hydrogen-bond donors (Lipinski definition) is 2. The highest BCUT2D eigenvalue weighted by molar-refractivity contribution is 6.36. The van der Waals surface area contributed by atoms with Crippen molar-refractivity contribution in [3.05, 3.63) is 22.3 Å². The Morgan fingerprint density at radius 2 is 2.28 bits per heavy atom. The number of halogens is 2. The molecule has 0 spiro atoms. The normalized spacial score (nSPS) is 12.6. The Bertz CT molecular complexity index is 427. The zero-order chi connectivity index (χ0) is 13.7. The van der Waals surface area contributed by atoms with E-state index in [1.165, 1.54) is 12.3 Å². The Kier molecular flexibility index (Phi) is 5.81. The molecule has 1 aromatic rings. The first-order valence-electron chi connectivity index (χ1n) is 5.36. The van der Waals surface area contributed by atoms with Gasteiger partial charge in [-0.05, 0) is 20.0 Å². The topological polar surface area (TPSA) is 65.5 Å². The Morgan fingerprint density at radius 1 is 1.61 bits per heavy atom. The fourth-order valence-corrected chi connectivity index (χ4v) is 1.87. The lowest BCUT2D eigenvalue weighted by atomic mass is 10.3. The van der Waals surface area contributed by atoms with Crippen molar-refractivity contribution in [2.45, 2.75) is 13.0 Å². The Labute approximate surface area is 116 Å². The molecule has 0 radical (unpaired) electrons. The number of aromatic nitrogens is 1. The number of aliphatic hydroxyl groups excluding tert-OH is 1. The lowest BCUT2D eigenvalue weighted by Gasteiger charge is -2.17. The average Bonchev–Trinajstić information content (AvgIpc) is 2.20. The third-order valence-corrected chi connectivity index (χ3v) is 2.55. The van der Waals surface area contributed by atoms with E-state index in [9.17, 15) is 9.90 Å². The molecule has 0 aromatic carbocycles. The van der Waals surface area contributed by atoms with Crippen LogP contribution in [-0.4, -0.2) is 47.1 Å². The molecule has 18 heavy (non-hydrogen) atoms. The lowest BCUT2D eigenvalue weighted by Crippen LogP contribution is -2.34. The number of anilines is 1. The van der Waals surface area contributed by atoms with E-state index in [-0.39, 0.29) is 23.3 Å². The van der Waals surface area contributed by atoms with Crippen LogP contribution in [0.4, 0.5) is 5.82 Å². The van der Waals surface area contributed by atoms with Gasteiger partial charge in [0.05, 0.1) is 22.7 Å². The van der Waals surface area contributed by atoms with Crippen molar-refractivity contribution in [3.8, 4) is 0 Å². The Hall–Kier alpha value is -0.880. The summed E-state index contributed by atoms with van der Waals surface area (Å²) in [6.07, 6.45) is 0.919. The van der Waals surface area contributed by atoms with Gasteiger partial charge in [0.15, 0.2) is 5.82 Å². The van der Waals surface area contributed by atoms with Gasteiger partial charge in [0.2, 0.25) is 5.91 Å². The highest BCUT2D eigenvalue weighted by atomic mass is 35.5. The number of nitrogens with one attached hydrogen (secondary N) is 1. The molecule has 0 aliphatic carbocycles. The second kappa shape index (κ2) is 6.89. The molecule has 0 aliphatic heterocycles. The summed E-state index contributed by atoms with van der Waals surface area (Å²) in [7, 11) is 1.74. The molecular weight excluding hydrogens is 277 g/mol. The van der Waals surface area contributed by atoms with Crippen molar-refractivity contribution in [1.82, 2.24) is 9.88 Å². The van der Waals surface area contributed by atoms with E-state index in [2.05, 4.69) is 10.3 Å². The molecular formula is C11H15Cl2N3O2. The highest BCUT2D eigenvalue weighted by Crippen LogP contribution is 2.22. The van der Waals surface area contributed by atoms with E-state index in [1.54, 1.807) is 18.9 Å². The zero-order valence-electron chi connectivity index (χ0n) is 10.2. The molecule has 1 heterocycles. The number of likely N-dealkylation sites (N-methyl/N-ethyl adjacent to an activating group) is 1. The van der Waals surface area contributed by atoms with Crippen LogP contribution >= 0.6 is 23.2 Å². The first-order valence-corrected chi connectivity index (χ1v) is 6.11. The molecule has 1 rings (SSSR count). The van der Waals surface area contributed by atoms with Gasteiger partial charge < -0.3 is 10.4 Å². The molecule has 7 heteroatoms. The van der Waals surface area contributed by atoms with Crippen molar-refractivity contribution in [1.29, 1.82) is 0 Å². The average molecular weight is 292 g/mol. The molecule has 0 saturated carbocycles. The summed E-state index contributed by atoms with van der Waals surface area (Å²) in [4.78, 5) is 17.3. The summed E-state index contributed by atoms with van der Waals surface area (Å²) in [6, 6.07) is 1.51. The molecule has 0 bridgehead atoms. The number of carbonyl (C=O) groups excluding carboxylic acids is 1. The van der Waals surface area contributed by atoms with Crippen LogP contribution in [0, 0.1) is 0 Å². The summed E-state index contributed by atoms with van der Waals surface area (Å²) in [5, 5.41) is 12.4. The van der Waals surface area contributed by atoms with Crippen LogP contribution in [0.25, 0.3) is 0 Å². The van der Waals surface area contributed by atoms with Gasteiger partial charge >= 0.3 is 0 Å². The SMILES string of the molecule is CC(O)CN(C)CC(=O)Nc1ncc(Cl)cc1Cl. The van der Waals surface area contributed by atoms with Crippen LogP contribution in [-0.2, 0) is 4.79 Å². The number of pyridine rings is 1. The second-order valence-corrected chi connectivity index (χ2v) is 4.92. The quantitative estimate of drug-likeness (QED) is 0.866. The number of aliphatic hydroxyl groups is 1. The predicted molar refractivity (Wildman–Crippen MR) is 72.1 cm³/mol. The van der Waals surface area contributed by atoms with Gasteiger partial charge in [-0.15, -0.1) is 0 Å². The minimum atomic E-state index is -0.486. The number of amides is 1. The summed E-state index contributed by atoms with van der Waals surface area (Å²) in [5.74, 6) is 0.0198. The maximum absolute atomic E-state index is 11.7. The largest absolute Gasteiger partial charge is 0.392 e. The number of nitrogens with zero attached hydrogens (tertiary/aromatic N) is 2. The fourth-order valence-electron chi connectivity index (χ4n) is 1.44. The molecule has 2 N–H and O–H groups in total. The van der Waals surface area contributed by atoms with Crippen molar-refractivity contribution >= 4 is 34.9 Å². The van der Waals surface area contributed by atoms with Crippen molar-refractivity contribution in [2.24, 2.45) is 0 Å². The van der Waals surface area contributed by atoms with Gasteiger partial charge in [0.1, 0.15) is 0 Å². The molecule has 1 amide bonds. The molecule has 100 valence electrons. The maximum atomic E-state index is 11.7. The van der Waals surface area contributed by atoms with Gasteiger partial charge in [-0.1, -0.05) is 23.2 Å². The third-order valence-electron chi connectivity index (χ3n) is 2.06. The van der Waals surface area contributed by atoms with Crippen molar-refractivity contribution in [2.75, 3.05) is 25.5 Å². The fraction of sp³-hybridized carbons (Fsp3) is 0.455. The van der Waals surface area contributed by atoms with Crippen LogP contribution < -0.4 is 5.32 Å². The highest BCUT2D eigenvalue weighted by Gasteiger charge is 2.11. The monoisotopic (exact) mass is 291 g/mol. The molecule has 5 nitrogen and oxygen atoms in total. The number of carbonyl (C=O) groups is 1. The van der Waals surface area contributed by atoms with Crippen LogP contribution in [0.3, 0.4) is 0 Å². The molecule has 1 atom stereocenters. The minimum Gasteiger partial charge on any atom is -0.392 e. The molecule has 1 aromatic heterocycles. The number of hydrogen-bond acceptors (Lipinski definition) is 4. The standard InChI is InChI=1S/C11H15Cl2N3O2/c1-7(17)5-16(2)6-10(18)15-11-9(13)3-8(12)4-14-11/h3-4,7,17H,5-6H2,1-2H3,(H,14,15,18). The van der Waals surface area contributed by atoms with Crippen LogP contribution in [0.5, 0.6) is 0 Å².